The van der Waals surface area contributed by atoms with Crippen LogP contribution in [0.25, 0.3) is 0 Å². The Balaban J connectivity index is 2.33. The number of aromatic hydroxyl groups is 1. The molecule has 0 heterocycles. The molecule has 0 aliphatic carbocycles. The van der Waals surface area contributed by atoms with Gasteiger partial charge in [-0.2, -0.15) is 0 Å². The lowest BCUT2D eigenvalue weighted by atomic mass is 10.2. The van der Waals surface area contributed by atoms with Crippen molar-refractivity contribution in [3.8, 4) is 5.75 Å². The molecule has 0 bridgehead atoms. The highest BCUT2D eigenvalue weighted by Gasteiger charge is 2.06. The van der Waals surface area contributed by atoms with E-state index < -0.39 is 13.0 Å². The summed E-state index contributed by atoms with van der Waals surface area (Å²) in [5, 5.41) is 11.9. The number of benzene rings is 1. The molecule has 2 N–H and O–H groups in total. The summed E-state index contributed by atoms with van der Waals surface area (Å²) in [5.74, 6) is -0.178. The van der Waals surface area contributed by atoms with Gasteiger partial charge in [0, 0.05) is 5.69 Å². The first-order valence-electron chi connectivity index (χ1n) is 5.44. The van der Waals surface area contributed by atoms with Crippen LogP contribution in [0.5, 0.6) is 5.75 Å². The number of aryl methyl sites for hydroxylation is 1. The van der Waals surface area contributed by atoms with Crippen LogP contribution in [0, 0.1) is 6.92 Å². The molecule has 1 aromatic carbocycles. The van der Waals surface area contributed by atoms with Crippen LogP contribution < -0.4 is 5.32 Å². The molecule has 0 radical (unpaired) electrons. The number of nitrogens with one attached hydrogen (secondary N) is 1. The minimum absolute atomic E-state index is 0.00659. The van der Waals surface area contributed by atoms with Crippen LogP contribution in [0.15, 0.2) is 18.2 Å². The lowest BCUT2D eigenvalue weighted by Crippen LogP contribution is -2.15. The topological polar surface area (TPSA) is 58.6 Å². The Morgan fingerprint density at radius 2 is 2.22 bits per heavy atom. The molecule has 0 atom stereocenters. The maximum absolute atomic E-state index is 11.7. The van der Waals surface area contributed by atoms with Gasteiger partial charge in [0.1, 0.15) is 12.4 Å². The lowest BCUT2D eigenvalue weighted by Gasteiger charge is -2.07. The molecule has 6 heteroatoms. The molecule has 0 saturated carbocycles. The van der Waals surface area contributed by atoms with E-state index >= 15 is 0 Å². The van der Waals surface area contributed by atoms with Crippen LogP contribution in [0.4, 0.5) is 14.5 Å². The van der Waals surface area contributed by atoms with Crippen molar-refractivity contribution in [2.75, 3.05) is 18.5 Å². The number of phenolic OH excluding ortho intramolecular Hbond substituents is 1. The highest BCUT2D eigenvalue weighted by atomic mass is 19.3. The maximum atomic E-state index is 11.7. The van der Waals surface area contributed by atoms with Crippen molar-refractivity contribution >= 4 is 11.6 Å². The predicted molar refractivity (Wildman–Crippen MR) is 62.9 cm³/mol. The fourth-order valence-electron chi connectivity index (χ4n) is 1.29. The summed E-state index contributed by atoms with van der Waals surface area (Å²) in [6, 6.07) is 4.64. The van der Waals surface area contributed by atoms with Crippen LogP contribution in [-0.4, -0.2) is 30.7 Å². The van der Waals surface area contributed by atoms with Gasteiger partial charge in [0.15, 0.2) is 0 Å². The van der Waals surface area contributed by atoms with Crippen molar-refractivity contribution in [3.05, 3.63) is 23.8 Å². The highest BCUT2D eigenvalue weighted by molar-refractivity contribution is 5.90. The Hall–Kier alpha value is -1.69. The van der Waals surface area contributed by atoms with Crippen molar-refractivity contribution < 1.29 is 23.4 Å². The number of anilines is 1. The largest absolute Gasteiger partial charge is 0.508 e. The van der Waals surface area contributed by atoms with Crippen molar-refractivity contribution in [2.45, 2.75) is 19.8 Å². The van der Waals surface area contributed by atoms with E-state index in [1.54, 1.807) is 19.1 Å². The molecule has 0 fully saturated rings. The number of alkyl halides is 2. The van der Waals surface area contributed by atoms with Gasteiger partial charge in [-0.15, -0.1) is 0 Å². The molecular weight excluding hydrogens is 244 g/mol. The van der Waals surface area contributed by atoms with Crippen molar-refractivity contribution in [1.82, 2.24) is 0 Å². The van der Waals surface area contributed by atoms with E-state index in [0.717, 1.165) is 0 Å². The van der Waals surface area contributed by atoms with Gasteiger partial charge in [0.05, 0.1) is 13.0 Å². The average molecular weight is 259 g/mol. The monoisotopic (exact) mass is 259 g/mol. The number of carbonyl (C=O) groups is 1. The number of rotatable bonds is 6. The SMILES string of the molecule is Cc1cc(NC(=O)CCOCC(F)F)ccc1O. The third-order valence-corrected chi connectivity index (χ3v) is 2.20. The molecule has 0 aromatic heterocycles. The second-order valence-electron chi connectivity index (χ2n) is 3.77. The average Bonchev–Trinajstić information content (AvgIpc) is 2.29. The van der Waals surface area contributed by atoms with E-state index in [-0.39, 0.29) is 24.7 Å². The summed E-state index contributed by atoms with van der Waals surface area (Å²) in [5.41, 5.74) is 1.19. The van der Waals surface area contributed by atoms with Gasteiger partial charge in [0.25, 0.3) is 6.43 Å². The van der Waals surface area contributed by atoms with Gasteiger partial charge in [-0.05, 0) is 30.7 Å². The van der Waals surface area contributed by atoms with Crippen LogP contribution in [0.3, 0.4) is 0 Å². The standard InChI is InChI=1S/C12H15F2NO3/c1-8-6-9(2-3-10(8)16)15-12(17)4-5-18-7-11(13)14/h2-3,6,11,16H,4-5,7H2,1H3,(H,15,17). The summed E-state index contributed by atoms with van der Waals surface area (Å²) < 4.78 is 28.1. The van der Waals surface area contributed by atoms with E-state index in [1.807, 2.05) is 0 Å². The fourth-order valence-corrected chi connectivity index (χ4v) is 1.29. The highest BCUT2D eigenvalue weighted by Crippen LogP contribution is 2.20. The minimum Gasteiger partial charge on any atom is -0.508 e. The van der Waals surface area contributed by atoms with Crippen LogP contribution in [-0.2, 0) is 9.53 Å². The summed E-state index contributed by atoms with van der Waals surface area (Å²) in [6.45, 7) is 0.996. The lowest BCUT2D eigenvalue weighted by molar-refractivity contribution is -0.117. The van der Waals surface area contributed by atoms with Crippen molar-refractivity contribution in [1.29, 1.82) is 0 Å². The van der Waals surface area contributed by atoms with E-state index in [9.17, 15) is 18.7 Å². The maximum Gasteiger partial charge on any atom is 0.261 e. The Labute approximate surface area is 104 Å². The van der Waals surface area contributed by atoms with E-state index in [0.29, 0.717) is 11.3 Å². The van der Waals surface area contributed by atoms with Crippen LogP contribution in [0.1, 0.15) is 12.0 Å². The Bertz CT molecular complexity index is 410. The zero-order valence-electron chi connectivity index (χ0n) is 9.95. The van der Waals surface area contributed by atoms with E-state index in [1.165, 1.54) is 6.07 Å². The molecule has 100 valence electrons. The first-order valence-corrected chi connectivity index (χ1v) is 5.44. The number of amides is 1. The normalized spacial score (nSPS) is 10.7. The second kappa shape index (κ2) is 6.90. The summed E-state index contributed by atoms with van der Waals surface area (Å²) in [6.07, 6.45) is -2.51. The molecule has 0 unspecified atom stereocenters. The first kappa shape index (κ1) is 14.4. The molecule has 0 saturated heterocycles. The summed E-state index contributed by atoms with van der Waals surface area (Å²) >= 11 is 0. The Kier molecular flexibility index (Phi) is 5.51. The number of ether oxygens (including phenoxy) is 1. The first-order chi connectivity index (χ1) is 8.49. The molecule has 0 aliphatic heterocycles. The molecule has 18 heavy (non-hydrogen) atoms. The van der Waals surface area contributed by atoms with Gasteiger partial charge in [-0.1, -0.05) is 0 Å². The third-order valence-electron chi connectivity index (χ3n) is 2.20. The van der Waals surface area contributed by atoms with E-state index in [4.69, 9.17) is 0 Å². The van der Waals surface area contributed by atoms with Gasteiger partial charge in [0.2, 0.25) is 5.91 Å². The molecule has 1 rings (SSSR count). The molecule has 0 spiro atoms. The van der Waals surface area contributed by atoms with Gasteiger partial charge in [-0.3, -0.25) is 4.79 Å². The number of halogens is 2. The van der Waals surface area contributed by atoms with Crippen LogP contribution >= 0.6 is 0 Å². The molecule has 4 nitrogen and oxygen atoms in total. The third kappa shape index (κ3) is 5.09. The molecular formula is C12H15F2NO3. The molecule has 0 aliphatic rings. The number of hydrogen-bond donors (Lipinski definition) is 2. The zero-order chi connectivity index (χ0) is 13.5. The van der Waals surface area contributed by atoms with Gasteiger partial charge in [-0.25, -0.2) is 8.78 Å². The number of phenols is 1. The second-order valence-corrected chi connectivity index (χ2v) is 3.77. The number of carbonyl (C=O) groups excluding carboxylic acids is 1. The predicted octanol–water partition coefficient (Wildman–Crippen LogP) is 2.31. The summed E-state index contributed by atoms with van der Waals surface area (Å²) in [7, 11) is 0. The number of hydrogen-bond acceptors (Lipinski definition) is 3. The van der Waals surface area contributed by atoms with Gasteiger partial charge < -0.3 is 15.2 Å². The quantitative estimate of drug-likeness (QED) is 0.609. The van der Waals surface area contributed by atoms with Crippen molar-refractivity contribution in [3.63, 3.8) is 0 Å². The zero-order valence-corrected chi connectivity index (χ0v) is 9.95. The molecule has 1 aromatic rings. The van der Waals surface area contributed by atoms with E-state index in [2.05, 4.69) is 10.1 Å². The van der Waals surface area contributed by atoms with Crippen LogP contribution in [0.2, 0.25) is 0 Å². The molecule has 1 amide bonds. The minimum atomic E-state index is -2.52. The summed E-state index contributed by atoms with van der Waals surface area (Å²) in [4.78, 5) is 11.4. The Morgan fingerprint density at radius 3 is 2.83 bits per heavy atom. The van der Waals surface area contributed by atoms with Crippen molar-refractivity contribution in [2.24, 2.45) is 0 Å². The fraction of sp³-hybridized carbons (Fsp3) is 0.417. The smallest absolute Gasteiger partial charge is 0.261 e. The Morgan fingerprint density at radius 1 is 1.50 bits per heavy atom. The van der Waals surface area contributed by atoms with Gasteiger partial charge >= 0.3 is 0 Å².